The summed E-state index contributed by atoms with van der Waals surface area (Å²) in [6, 6.07) is 3.15. The molecular formula is C14H17BrO5. The van der Waals surface area contributed by atoms with Crippen molar-refractivity contribution in [2.75, 3.05) is 13.7 Å². The minimum Gasteiger partial charge on any atom is -0.493 e. The number of rotatable bonds is 7. The number of carbonyl (C=O) groups excluding carboxylic acids is 2. The first kappa shape index (κ1) is 16.5. The molecule has 20 heavy (non-hydrogen) atoms. The number of esters is 1. The molecule has 0 bridgehead atoms. The third kappa shape index (κ3) is 3.96. The maximum atomic E-state index is 11.8. The molecule has 1 atom stereocenters. The van der Waals surface area contributed by atoms with Crippen molar-refractivity contribution in [3.63, 3.8) is 0 Å². The molecule has 0 aromatic heterocycles. The third-order valence-electron chi connectivity index (χ3n) is 2.57. The molecule has 0 saturated heterocycles. The Morgan fingerprint density at radius 3 is 2.60 bits per heavy atom. The number of aldehydes is 1. The summed E-state index contributed by atoms with van der Waals surface area (Å²) < 4.78 is 16.3. The summed E-state index contributed by atoms with van der Waals surface area (Å²) in [5.41, 5.74) is 0.449. The van der Waals surface area contributed by atoms with E-state index in [9.17, 15) is 9.59 Å². The van der Waals surface area contributed by atoms with Crippen molar-refractivity contribution in [2.24, 2.45) is 0 Å². The van der Waals surface area contributed by atoms with Crippen LogP contribution in [0.1, 0.15) is 30.6 Å². The van der Waals surface area contributed by atoms with E-state index in [0.717, 1.165) is 0 Å². The molecule has 0 aliphatic rings. The molecule has 5 nitrogen and oxygen atoms in total. The quantitative estimate of drug-likeness (QED) is 0.562. The standard InChI is InChI=1S/C14H17BrO5/c1-4-11(14(17)19-5-2)20-13-10(15)6-9(8-16)7-12(13)18-3/h6-8,11H,4-5H2,1-3H3. The zero-order valence-electron chi connectivity index (χ0n) is 11.6. The fourth-order valence-corrected chi connectivity index (χ4v) is 2.15. The average molecular weight is 345 g/mol. The van der Waals surface area contributed by atoms with Gasteiger partial charge in [0.05, 0.1) is 18.2 Å². The van der Waals surface area contributed by atoms with Gasteiger partial charge in [-0.1, -0.05) is 6.92 Å². The molecule has 0 radical (unpaired) electrons. The van der Waals surface area contributed by atoms with Gasteiger partial charge < -0.3 is 14.2 Å². The normalized spacial score (nSPS) is 11.6. The van der Waals surface area contributed by atoms with Gasteiger partial charge in [-0.3, -0.25) is 4.79 Å². The number of hydrogen-bond donors (Lipinski definition) is 0. The van der Waals surface area contributed by atoms with Crippen LogP contribution in [0.3, 0.4) is 0 Å². The van der Waals surface area contributed by atoms with Crippen molar-refractivity contribution in [2.45, 2.75) is 26.4 Å². The molecule has 1 aromatic rings. The highest BCUT2D eigenvalue weighted by Gasteiger charge is 2.23. The van der Waals surface area contributed by atoms with Crippen LogP contribution in [0.2, 0.25) is 0 Å². The Morgan fingerprint density at radius 2 is 2.10 bits per heavy atom. The molecule has 0 N–H and O–H groups in total. The second-order valence-electron chi connectivity index (χ2n) is 3.92. The molecule has 0 fully saturated rings. The van der Waals surface area contributed by atoms with Crippen molar-refractivity contribution in [3.05, 3.63) is 22.2 Å². The molecule has 0 spiro atoms. The Balaban J connectivity index is 3.06. The summed E-state index contributed by atoms with van der Waals surface area (Å²) in [6.45, 7) is 3.85. The lowest BCUT2D eigenvalue weighted by Crippen LogP contribution is -2.29. The summed E-state index contributed by atoms with van der Waals surface area (Å²) in [4.78, 5) is 22.6. The molecule has 6 heteroatoms. The molecule has 110 valence electrons. The predicted molar refractivity (Wildman–Crippen MR) is 77.4 cm³/mol. The molecular weight excluding hydrogens is 328 g/mol. The predicted octanol–water partition coefficient (Wildman–Crippen LogP) is 2.99. The summed E-state index contributed by atoms with van der Waals surface area (Å²) >= 11 is 3.31. The van der Waals surface area contributed by atoms with Gasteiger partial charge in [0.25, 0.3) is 0 Å². The van der Waals surface area contributed by atoms with Crippen LogP contribution in [-0.4, -0.2) is 32.1 Å². The Kier molecular flexibility index (Phi) is 6.51. The van der Waals surface area contributed by atoms with E-state index in [0.29, 0.717) is 40.8 Å². The van der Waals surface area contributed by atoms with E-state index in [4.69, 9.17) is 14.2 Å². The first-order valence-corrected chi connectivity index (χ1v) is 7.02. The first-order valence-electron chi connectivity index (χ1n) is 6.23. The lowest BCUT2D eigenvalue weighted by atomic mass is 10.2. The van der Waals surface area contributed by atoms with Crippen molar-refractivity contribution in [1.29, 1.82) is 0 Å². The molecule has 0 aliphatic carbocycles. The largest absolute Gasteiger partial charge is 0.493 e. The minimum atomic E-state index is -0.720. The number of halogens is 1. The van der Waals surface area contributed by atoms with Gasteiger partial charge in [-0.15, -0.1) is 0 Å². The van der Waals surface area contributed by atoms with E-state index in [1.807, 2.05) is 6.92 Å². The minimum absolute atomic E-state index is 0.293. The van der Waals surface area contributed by atoms with E-state index in [-0.39, 0.29) is 0 Å². The fraction of sp³-hybridized carbons (Fsp3) is 0.429. The summed E-state index contributed by atoms with van der Waals surface area (Å²) in [5, 5.41) is 0. The second-order valence-corrected chi connectivity index (χ2v) is 4.77. The highest BCUT2D eigenvalue weighted by Crippen LogP contribution is 2.37. The van der Waals surface area contributed by atoms with Crippen molar-refractivity contribution in [1.82, 2.24) is 0 Å². The van der Waals surface area contributed by atoms with Crippen LogP contribution in [0.4, 0.5) is 0 Å². The van der Waals surface area contributed by atoms with Gasteiger partial charge in [0.2, 0.25) is 0 Å². The van der Waals surface area contributed by atoms with Gasteiger partial charge in [-0.05, 0) is 41.4 Å². The highest BCUT2D eigenvalue weighted by molar-refractivity contribution is 9.10. The average Bonchev–Trinajstić information content (AvgIpc) is 2.45. The third-order valence-corrected chi connectivity index (χ3v) is 3.16. The van der Waals surface area contributed by atoms with Crippen LogP contribution in [0, 0.1) is 0 Å². The number of carbonyl (C=O) groups is 2. The Labute approximate surface area is 126 Å². The molecule has 0 saturated carbocycles. The molecule has 1 aromatic carbocycles. The molecule has 1 rings (SSSR count). The molecule has 0 amide bonds. The van der Waals surface area contributed by atoms with E-state index < -0.39 is 12.1 Å². The monoisotopic (exact) mass is 344 g/mol. The van der Waals surface area contributed by atoms with Crippen LogP contribution in [0.15, 0.2) is 16.6 Å². The fourth-order valence-electron chi connectivity index (χ4n) is 1.60. The van der Waals surface area contributed by atoms with Gasteiger partial charge in [0, 0.05) is 5.56 Å². The first-order chi connectivity index (χ1) is 9.57. The van der Waals surface area contributed by atoms with Crippen LogP contribution in [0.5, 0.6) is 11.5 Å². The zero-order valence-corrected chi connectivity index (χ0v) is 13.2. The number of benzene rings is 1. The maximum Gasteiger partial charge on any atom is 0.347 e. The van der Waals surface area contributed by atoms with Crippen molar-refractivity contribution >= 4 is 28.2 Å². The van der Waals surface area contributed by atoms with Gasteiger partial charge in [0.1, 0.15) is 6.29 Å². The Morgan fingerprint density at radius 1 is 1.40 bits per heavy atom. The second kappa shape index (κ2) is 7.89. The van der Waals surface area contributed by atoms with E-state index in [1.165, 1.54) is 7.11 Å². The smallest absolute Gasteiger partial charge is 0.347 e. The van der Waals surface area contributed by atoms with E-state index in [1.54, 1.807) is 19.1 Å². The van der Waals surface area contributed by atoms with Crippen LogP contribution < -0.4 is 9.47 Å². The summed E-state index contributed by atoms with van der Waals surface area (Å²) in [6.07, 6.45) is 0.450. The lowest BCUT2D eigenvalue weighted by Gasteiger charge is -2.19. The SMILES string of the molecule is CCOC(=O)C(CC)Oc1c(Br)cc(C=O)cc1OC. The van der Waals surface area contributed by atoms with Crippen LogP contribution in [-0.2, 0) is 9.53 Å². The van der Waals surface area contributed by atoms with Gasteiger partial charge in [-0.25, -0.2) is 4.79 Å². The van der Waals surface area contributed by atoms with E-state index in [2.05, 4.69) is 15.9 Å². The summed E-state index contributed by atoms with van der Waals surface area (Å²) in [7, 11) is 1.47. The van der Waals surface area contributed by atoms with Gasteiger partial charge in [-0.2, -0.15) is 0 Å². The summed E-state index contributed by atoms with van der Waals surface area (Å²) in [5.74, 6) is 0.325. The number of ether oxygens (including phenoxy) is 3. The number of methoxy groups -OCH3 is 1. The zero-order chi connectivity index (χ0) is 15.1. The van der Waals surface area contributed by atoms with Crippen LogP contribution in [0.25, 0.3) is 0 Å². The van der Waals surface area contributed by atoms with Crippen LogP contribution >= 0.6 is 15.9 Å². The Hall–Kier alpha value is -1.56. The topological polar surface area (TPSA) is 61.8 Å². The van der Waals surface area contributed by atoms with Gasteiger partial charge in [0.15, 0.2) is 17.6 Å². The number of hydrogen-bond acceptors (Lipinski definition) is 5. The van der Waals surface area contributed by atoms with E-state index >= 15 is 0 Å². The molecule has 1 unspecified atom stereocenters. The van der Waals surface area contributed by atoms with Crippen molar-refractivity contribution in [3.8, 4) is 11.5 Å². The highest BCUT2D eigenvalue weighted by atomic mass is 79.9. The maximum absolute atomic E-state index is 11.8. The van der Waals surface area contributed by atoms with Crippen molar-refractivity contribution < 1.29 is 23.8 Å². The Bertz CT molecular complexity index is 487. The lowest BCUT2D eigenvalue weighted by molar-refractivity contribution is -0.151. The van der Waals surface area contributed by atoms with Gasteiger partial charge >= 0.3 is 5.97 Å². The molecule has 0 heterocycles. The molecule has 0 aliphatic heterocycles.